The Morgan fingerprint density at radius 2 is 2.32 bits per heavy atom. The van der Waals surface area contributed by atoms with Gasteiger partial charge in [0.1, 0.15) is 18.4 Å². The van der Waals surface area contributed by atoms with Gasteiger partial charge in [-0.3, -0.25) is 4.79 Å². The maximum atomic E-state index is 11.7. The van der Waals surface area contributed by atoms with Crippen molar-refractivity contribution < 1.29 is 14.3 Å². The predicted octanol–water partition coefficient (Wildman–Crippen LogP) is 1.59. The van der Waals surface area contributed by atoms with E-state index in [4.69, 9.17) is 15.2 Å². The van der Waals surface area contributed by atoms with Crippen molar-refractivity contribution >= 4 is 24.0 Å². The smallest absolute Gasteiger partial charge is 0.243 e. The second kappa shape index (κ2) is 9.38. The fourth-order valence-electron chi connectivity index (χ4n) is 1.31. The summed E-state index contributed by atoms with van der Waals surface area (Å²) in [5.41, 5.74) is 6.24. The van der Waals surface area contributed by atoms with Crippen LogP contribution in [0.4, 0.5) is 5.69 Å². The molecule has 1 aromatic carbocycles. The minimum absolute atomic E-state index is 0. The van der Waals surface area contributed by atoms with Gasteiger partial charge in [-0.15, -0.1) is 12.4 Å². The van der Waals surface area contributed by atoms with E-state index >= 15 is 0 Å². The second-order valence-electron chi connectivity index (χ2n) is 3.68. The summed E-state index contributed by atoms with van der Waals surface area (Å²) >= 11 is 0. The standard InChI is InChI=1S/C13H18N2O3.ClH/c1-3-7-18-11-6-4-5-10(8-11)15-13(16)12(14)9-17-2;/h3-6,8,12H,1,7,9,14H2,2H3,(H,15,16);1H. The molecule has 1 atom stereocenters. The Morgan fingerprint density at radius 1 is 1.58 bits per heavy atom. The summed E-state index contributed by atoms with van der Waals surface area (Å²) in [6, 6.07) is 6.39. The van der Waals surface area contributed by atoms with Gasteiger partial charge in [-0.25, -0.2) is 0 Å². The predicted molar refractivity (Wildman–Crippen MR) is 77.9 cm³/mol. The number of nitrogens with one attached hydrogen (secondary N) is 1. The number of carbonyl (C=O) groups is 1. The number of rotatable bonds is 7. The number of ether oxygens (including phenoxy) is 2. The van der Waals surface area contributed by atoms with Crippen LogP contribution in [0.3, 0.4) is 0 Å². The Bertz CT molecular complexity index is 413. The first-order valence-electron chi connectivity index (χ1n) is 5.56. The summed E-state index contributed by atoms with van der Waals surface area (Å²) in [6.07, 6.45) is 1.65. The molecule has 1 amide bonds. The van der Waals surface area contributed by atoms with Crippen LogP contribution in [-0.2, 0) is 9.53 Å². The molecule has 0 aliphatic heterocycles. The van der Waals surface area contributed by atoms with Crippen LogP contribution in [0.25, 0.3) is 0 Å². The van der Waals surface area contributed by atoms with Crippen molar-refractivity contribution in [2.45, 2.75) is 6.04 Å². The average Bonchev–Trinajstić information content (AvgIpc) is 2.37. The van der Waals surface area contributed by atoms with E-state index in [-0.39, 0.29) is 24.9 Å². The normalized spacial score (nSPS) is 11.1. The Balaban J connectivity index is 0.00000324. The number of benzene rings is 1. The zero-order valence-corrected chi connectivity index (χ0v) is 11.6. The van der Waals surface area contributed by atoms with Gasteiger partial charge in [-0.05, 0) is 12.1 Å². The van der Waals surface area contributed by atoms with Gasteiger partial charge in [0.25, 0.3) is 0 Å². The third-order valence-electron chi connectivity index (χ3n) is 2.15. The third-order valence-corrected chi connectivity index (χ3v) is 2.15. The number of anilines is 1. The zero-order chi connectivity index (χ0) is 13.4. The highest BCUT2D eigenvalue weighted by Gasteiger charge is 2.13. The molecule has 0 aromatic heterocycles. The molecule has 0 saturated heterocycles. The highest BCUT2D eigenvalue weighted by atomic mass is 35.5. The van der Waals surface area contributed by atoms with E-state index in [0.29, 0.717) is 18.0 Å². The Hall–Kier alpha value is -1.56. The van der Waals surface area contributed by atoms with Crippen molar-refractivity contribution in [2.75, 3.05) is 25.6 Å². The highest BCUT2D eigenvalue weighted by Crippen LogP contribution is 2.17. The van der Waals surface area contributed by atoms with Crippen LogP contribution in [0.5, 0.6) is 5.75 Å². The Kier molecular flexibility index (Phi) is 8.61. The first kappa shape index (κ1) is 17.4. The molecule has 19 heavy (non-hydrogen) atoms. The molecule has 106 valence electrons. The van der Waals surface area contributed by atoms with Gasteiger partial charge >= 0.3 is 0 Å². The molecule has 5 nitrogen and oxygen atoms in total. The summed E-state index contributed by atoms with van der Waals surface area (Å²) < 4.78 is 10.2. The number of halogens is 1. The lowest BCUT2D eigenvalue weighted by Gasteiger charge is -2.12. The first-order chi connectivity index (χ1) is 8.67. The summed E-state index contributed by atoms with van der Waals surface area (Å²) in [7, 11) is 1.50. The largest absolute Gasteiger partial charge is 0.489 e. The molecule has 1 aromatic rings. The number of carbonyl (C=O) groups excluding carboxylic acids is 1. The van der Waals surface area contributed by atoms with Crippen LogP contribution in [-0.4, -0.2) is 32.3 Å². The molecule has 0 fully saturated rings. The number of hydrogen-bond acceptors (Lipinski definition) is 4. The molecule has 0 aliphatic rings. The van der Waals surface area contributed by atoms with Crippen molar-refractivity contribution in [2.24, 2.45) is 5.73 Å². The fraction of sp³-hybridized carbons (Fsp3) is 0.308. The number of amides is 1. The minimum atomic E-state index is -0.687. The Morgan fingerprint density at radius 3 is 2.95 bits per heavy atom. The monoisotopic (exact) mass is 286 g/mol. The molecule has 0 bridgehead atoms. The van der Waals surface area contributed by atoms with E-state index in [1.165, 1.54) is 7.11 Å². The molecule has 1 rings (SSSR count). The molecule has 0 aliphatic carbocycles. The molecule has 1 unspecified atom stereocenters. The average molecular weight is 287 g/mol. The second-order valence-corrected chi connectivity index (χ2v) is 3.68. The summed E-state index contributed by atoms with van der Waals surface area (Å²) in [5.74, 6) is 0.366. The lowest BCUT2D eigenvalue weighted by molar-refractivity contribution is -0.118. The first-order valence-corrected chi connectivity index (χ1v) is 5.56. The van der Waals surface area contributed by atoms with Crippen molar-refractivity contribution in [1.29, 1.82) is 0 Å². The summed E-state index contributed by atoms with van der Waals surface area (Å²) in [4.78, 5) is 11.7. The molecular weight excluding hydrogens is 268 g/mol. The topological polar surface area (TPSA) is 73.6 Å². The molecule has 0 saturated carbocycles. The van der Waals surface area contributed by atoms with Gasteiger partial charge in [0.05, 0.1) is 6.61 Å². The van der Waals surface area contributed by atoms with E-state index < -0.39 is 6.04 Å². The van der Waals surface area contributed by atoms with E-state index in [0.717, 1.165) is 0 Å². The van der Waals surface area contributed by atoms with Crippen molar-refractivity contribution in [3.63, 3.8) is 0 Å². The SMILES string of the molecule is C=CCOc1cccc(NC(=O)C(N)COC)c1.Cl. The van der Waals surface area contributed by atoms with Crippen LogP contribution in [0.1, 0.15) is 0 Å². The maximum Gasteiger partial charge on any atom is 0.243 e. The minimum Gasteiger partial charge on any atom is -0.489 e. The van der Waals surface area contributed by atoms with Gasteiger partial charge in [-0.1, -0.05) is 18.7 Å². The zero-order valence-electron chi connectivity index (χ0n) is 10.8. The molecule has 0 radical (unpaired) electrons. The third kappa shape index (κ3) is 6.24. The molecular formula is C13H19ClN2O3. The quantitative estimate of drug-likeness (QED) is 0.747. The molecule has 0 spiro atoms. The highest BCUT2D eigenvalue weighted by molar-refractivity contribution is 5.94. The van der Waals surface area contributed by atoms with Crippen LogP contribution >= 0.6 is 12.4 Å². The number of methoxy groups -OCH3 is 1. The number of nitrogens with two attached hydrogens (primary N) is 1. The van der Waals surface area contributed by atoms with Gasteiger partial charge < -0.3 is 20.5 Å². The lowest BCUT2D eigenvalue weighted by Crippen LogP contribution is -2.39. The maximum absolute atomic E-state index is 11.7. The van der Waals surface area contributed by atoms with Crippen molar-refractivity contribution in [1.82, 2.24) is 0 Å². The summed E-state index contributed by atoms with van der Waals surface area (Å²) in [5, 5.41) is 2.69. The van der Waals surface area contributed by atoms with Crippen LogP contribution in [0.2, 0.25) is 0 Å². The van der Waals surface area contributed by atoms with Gasteiger partial charge in [0, 0.05) is 18.9 Å². The van der Waals surface area contributed by atoms with Gasteiger partial charge in [0.15, 0.2) is 0 Å². The van der Waals surface area contributed by atoms with E-state index in [9.17, 15) is 4.79 Å². The van der Waals surface area contributed by atoms with Gasteiger partial charge in [-0.2, -0.15) is 0 Å². The van der Waals surface area contributed by atoms with Crippen LogP contribution < -0.4 is 15.8 Å². The summed E-state index contributed by atoms with van der Waals surface area (Å²) in [6.45, 7) is 4.16. The van der Waals surface area contributed by atoms with Crippen molar-refractivity contribution in [3.8, 4) is 5.75 Å². The van der Waals surface area contributed by atoms with Crippen LogP contribution in [0.15, 0.2) is 36.9 Å². The Labute approximate surface area is 119 Å². The van der Waals surface area contributed by atoms with Crippen LogP contribution in [0, 0.1) is 0 Å². The van der Waals surface area contributed by atoms with Crippen molar-refractivity contribution in [3.05, 3.63) is 36.9 Å². The van der Waals surface area contributed by atoms with E-state index in [1.807, 2.05) is 0 Å². The molecule has 6 heteroatoms. The molecule has 0 heterocycles. The van der Waals surface area contributed by atoms with E-state index in [1.54, 1.807) is 30.3 Å². The number of hydrogen-bond donors (Lipinski definition) is 2. The van der Waals surface area contributed by atoms with Gasteiger partial charge in [0.2, 0.25) is 5.91 Å². The lowest BCUT2D eigenvalue weighted by atomic mass is 10.2. The molecule has 3 N–H and O–H groups in total. The van der Waals surface area contributed by atoms with E-state index in [2.05, 4.69) is 11.9 Å². The fourth-order valence-corrected chi connectivity index (χ4v) is 1.31.